The zero-order valence-electron chi connectivity index (χ0n) is 11.9. The van der Waals surface area contributed by atoms with Crippen LogP contribution < -0.4 is 4.90 Å². The predicted octanol–water partition coefficient (Wildman–Crippen LogP) is 3.28. The lowest BCUT2D eigenvalue weighted by Gasteiger charge is -2.16. The van der Waals surface area contributed by atoms with Gasteiger partial charge in [-0.3, -0.25) is 9.78 Å². The van der Waals surface area contributed by atoms with E-state index in [1.165, 1.54) is 30.4 Å². The summed E-state index contributed by atoms with van der Waals surface area (Å²) in [5.74, 6) is -1.66. The van der Waals surface area contributed by atoms with Crippen molar-refractivity contribution in [1.29, 1.82) is 0 Å². The van der Waals surface area contributed by atoms with Gasteiger partial charge in [0.2, 0.25) is 5.91 Å². The Labute approximate surface area is 121 Å². The summed E-state index contributed by atoms with van der Waals surface area (Å²) in [6.07, 6.45) is 2.93. The van der Waals surface area contributed by atoms with E-state index in [0.29, 0.717) is 11.1 Å². The average Bonchev–Trinajstić information content (AvgIpc) is 2.61. The van der Waals surface area contributed by atoms with Gasteiger partial charge in [0.15, 0.2) is 5.82 Å². The summed E-state index contributed by atoms with van der Waals surface area (Å²) < 4.78 is 29.2. The van der Waals surface area contributed by atoms with Gasteiger partial charge in [-0.05, 0) is 31.5 Å². The number of anilines is 1. The molecule has 0 atom stereocenters. The lowest BCUT2D eigenvalue weighted by Crippen LogP contribution is -2.33. The van der Waals surface area contributed by atoms with Crippen molar-refractivity contribution in [2.45, 2.75) is 19.3 Å². The predicted molar refractivity (Wildman–Crippen MR) is 76.0 cm³/mol. The molecule has 1 aliphatic heterocycles. The van der Waals surface area contributed by atoms with E-state index in [9.17, 15) is 13.6 Å². The molecule has 3 nitrogen and oxygen atoms in total. The first-order chi connectivity index (χ1) is 9.85. The molecule has 1 amide bonds. The first-order valence-corrected chi connectivity index (χ1v) is 6.56. The molecule has 2 aromatic rings. The molecule has 0 N–H and O–H groups in total. The van der Waals surface area contributed by atoms with Crippen LogP contribution in [0.5, 0.6) is 0 Å². The third-order valence-electron chi connectivity index (χ3n) is 3.99. The third-order valence-corrected chi connectivity index (χ3v) is 3.99. The Morgan fingerprint density at radius 2 is 2.00 bits per heavy atom. The number of likely N-dealkylation sites (N-methyl/N-ethyl adjacent to an activating group) is 1. The number of hydrogen-bond acceptors (Lipinski definition) is 2. The molecule has 0 aliphatic carbocycles. The van der Waals surface area contributed by atoms with Gasteiger partial charge in [-0.15, -0.1) is 0 Å². The summed E-state index contributed by atoms with van der Waals surface area (Å²) in [6, 6.07) is 4.45. The second-order valence-corrected chi connectivity index (χ2v) is 5.67. The van der Waals surface area contributed by atoms with E-state index in [4.69, 9.17) is 0 Å². The summed E-state index contributed by atoms with van der Waals surface area (Å²) >= 11 is 0. The Kier molecular flexibility index (Phi) is 2.83. The van der Waals surface area contributed by atoms with Crippen molar-refractivity contribution in [2.75, 3.05) is 11.9 Å². The lowest BCUT2D eigenvalue weighted by molar-refractivity contribution is -0.121. The number of benzene rings is 1. The van der Waals surface area contributed by atoms with Crippen LogP contribution in [0.3, 0.4) is 0 Å². The Hall–Kier alpha value is -2.30. The van der Waals surface area contributed by atoms with Crippen LogP contribution in [0.25, 0.3) is 11.1 Å². The number of fused-ring (bicyclic) bond motifs is 1. The fraction of sp³-hybridized carbons (Fsp3) is 0.250. The van der Waals surface area contributed by atoms with Gasteiger partial charge in [0.1, 0.15) is 5.82 Å². The zero-order valence-corrected chi connectivity index (χ0v) is 11.9. The van der Waals surface area contributed by atoms with Gasteiger partial charge < -0.3 is 4.90 Å². The summed E-state index contributed by atoms with van der Waals surface area (Å²) in [6.45, 7) is 3.33. The fourth-order valence-corrected chi connectivity index (χ4v) is 2.82. The summed E-state index contributed by atoms with van der Waals surface area (Å²) in [4.78, 5) is 17.4. The second kappa shape index (κ2) is 4.35. The van der Waals surface area contributed by atoms with Gasteiger partial charge >= 0.3 is 0 Å². The summed E-state index contributed by atoms with van der Waals surface area (Å²) in [5.41, 5.74) is -0.220. The van der Waals surface area contributed by atoms with Crippen LogP contribution in [-0.4, -0.2) is 17.9 Å². The molecule has 0 unspecified atom stereocenters. The standard InChI is InChI=1S/C16H14F2N2O/c1-16(2)10-7-11(17)12(9-5-4-6-19-8-9)13(18)14(10)20(3)15(16)21/h4-8H,1-3H3. The summed E-state index contributed by atoms with van der Waals surface area (Å²) in [7, 11) is 1.50. The van der Waals surface area contributed by atoms with E-state index in [1.807, 2.05) is 0 Å². The van der Waals surface area contributed by atoms with Crippen molar-refractivity contribution in [2.24, 2.45) is 0 Å². The number of rotatable bonds is 1. The minimum absolute atomic E-state index is 0.144. The molecule has 0 bridgehead atoms. The number of aromatic nitrogens is 1. The van der Waals surface area contributed by atoms with Gasteiger partial charge in [-0.25, -0.2) is 8.78 Å². The Morgan fingerprint density at radius 3 is 2.62 bits per heavy atom. The van der Waals surface area contributed by atoms with Crippen molar-refractivity contribution in [3.63, 3.8) is 0 Å². The number of carbonyl (C=O) groups is 1. The molecule has 21 heavy (non-hydrogen) atoms. The minimum atomic E-state index is -0.931. The molecule has 0 saturated carbocycles. The molecular formula is C16H14F2N2O. The zero-order chi connectivity index (χ0) is 15.4. The molecule has 3 rings (SSSR count). The maximum Gasteiger partial charge on any atom is 0.236 e. The first kappa shape index (κ1) is 13.7. The number of amides is 1. The highest BCUT2D eigenvalue weighted by Gasteiger charge is 2.45. The van der Waals surface area contributed by atoms with Gasteiger partial charge in [0, 0.05) is 25.0 Å². The van der Waals surface area contributed by atoms with E-state index in [1.54, 1.807) is 26.0 Å². The molecule has 1 aromatic heterocycles. The number of pyridine rings is 1. The van der Waals surface area contributed by atoms with Crippen molar-refractivity contribution in [3.05, 3.63) is 47.8 Å². The van der Waals surface area contributed by atoms with Crippen LogP contribution in [0.1, 0.15) is 19.4 Å². The van der Waals surface area contributed by atoms with E-state index >= 15 is 0 Å². The van der Waals surface area contributed by atoms with Crippen molar-refractivity contribution < 1.29 is 13.6 Å². The Bertz CT molecular complexity index is 742. The van der Waals surface area contributed by atoms with Crippen LogP contribution in [0, 0.1) is 11.6 Å². The van der Waals surface area contributed by atoms with E-state index < -0.39 is 17.0 Å². The highest BCUT2D eigenvalue weighted by molar-refractivity contribution is 6.08. The average molecular weight is 288 g/mol. The van der Waals surface area contributed by atoms with Gasteiger partial charge in [-0.1, -0.05) is 6.07 Å². The largest absolute Gasteiger partial charge is 0.312 e. The number of nitrogens with zero attached hydrogens (tertiary/aromatic N) is 2. The van der Waals surface area contributed by atoms with Gasteiger partial charge in [-0.2, -0.15) is 0 Å². The van der Waals surface area contributed by atoms with Crippen molar-refractivity contribution >= 4 is 11.6 Å². The van der Waals surface area contributed by atoms with E-state index in [2.05, 4.69) is 4.98 Å². The SMILES string of the molecule is CN1C(=O)C(C)(C)c2cc(F)c(-c3cccnc3)c(F)c21. The number of halogens is 2. The minimum Gasteiger partial charge on any atom is -0.312 e. The quantitative estimate of drug-likeness (QED) is 0.807. The number of hydrogen-bond donors (Lipinski definition) is 0. The van der Waals surface area contributed by atoms with Crippen LogP contribution in [0.4, 0.5) is 14.5 Å². The maximum atomic E-state index is 14.8. The van der Waals surface area contributed by atoms with E-state index in [-0.39, 0.29) is 17.2 Å². The fourth-order valence-electron chi connectivity index (χ4n) is 2.82. The number of carbonyl (C=O) groups excluding carboxylic acids is 1. The molecular weight excluding hydrogens is 274 g/mol. The first-order valence-electron chi connectivity index (χ1n) is 6.56. The molecule has 0 spiro atoms. The Balaban J connectivity index is 2.33. The molecule has 1 aromatic carbocycles. The summed E-state index contributed by atoms with van der Waals surface area (Å²) in [5, 5.41) is 0. The molecule has 0 fully saturated rings. The Morgan fingerprint density at radius 1 is 1.29 bits per heavy atom. The molecule has 2 heterocycles. The topological polar surface area (TPSA) is 33.2 Å². The molecule has 5 heteroatoms. The van der Waals surface area contributed by atoms with Crippen molar-refractivity contribution in [1.82, 2.24) is 4.98 Å². The van der Waals surface area contributed by atoms with Gasteiger partial charge in [0.25, 0.3) is 0 Å². The molecule has 1 aliphatic rings. The lowest BCUT2D eigenvalue weighted by atomic mass is 9.85. The van der Waals surface area contributed by atoms with Crippen LogP contribution >= 0.6 is 0 Å². The molecule has 0 radical (unpaired) electrons. The van der Waals surface area contributed by atoms with Crippen LogP contribution in [-0.2, 0) is 10.2 Å². The molecule has 0 saturated heterocycles. The highest BCUT2D eigenvalue weighted by atomic mass is 19.1. The normalized spacial score (nSPS) is 16.2. The highest BCUT2D eigenvalue weighted by Crippen LogP contribution is 2.45. The van der Waals surface area contributed by atoms with Crippen LogP contribution in [0.15, 0.2) is 30.6 Å². The third kappa shape index (κ3) is 1.77. The van der Waals surface area contributed by atoms with E-state index in [0.717, 1.165) is 0 Å². The second-order valence-electron chi connectivity index (χ2n) is 5.67. The maximum absolute atomic E-state index is 14.8. The smallest absolute Gasteiger partial charge is 0.236 e. The van der Waals surface area contributed by atoms with Crippen molar-refractivity contribution in [3.8, 4) is 11.1 Å². The van der Waals surface area contributed by atoms with Crippen LogP contribution in [0.2, 0.25) is 0 Å². The monoisotopic (exact) mass is 288 g/mol. The molecule has 108 valence electrons. The van der Waals surface area contributed by atoms with Gasteiger partial charge in [0.05, 0.1) is 16.7 Å².